The Kier molecular flexibility index (Phi) is 4.71. The summed E-state index contributed by atoms with van der Waals surface area (Å²) in [6.07, 6.45) is 3.07. The maximum atomic E-state index is 12.0. The highest BCUT2D eigenvalue weighted by molar-refractivity contribution is 5.85. The van der Waals surface area contributed by atoms with Crippen LogP contribution in [0, 0.1) is 0 Å². The Labute approximate surface area is 120 Å². The number of nitrogen functional groups attached to an aromatic ring is 1. The monoisotopic (exact) mass is 277 g/mol. The van der Waals surface area contributed by atoms with E-state index in [1.165, 1.54) is 0 Å². The molecule has 20 heavy (non-hydrogen) atoms. The molecule has 1 aromatic carbocycles. The van der Waals surface area contributed by atoms with Gasteiger partial charge in [-0.25, -0.2) is 0 Å². The van der Waals surface area contributed by atoms with Crippen molar-refractivity contribution in [3.63, 3.8) is 0 Å². The molecule has 1 aliphatic heterocycles. The van der Waals surface area contributed by atoms with Gasteiger partial charge in [0.05, 0.1) is 12.3 Å². The number of anilines is 2. The Hall–Kier alpha value is -1.91. The summed E-state index contributed by atoms with van der Waals surface area (Å²) in [6.45, 7) is 3.39. The molecule has 2 rings (SSSR count). The van der Waals surface area contributed by atoms with Gasteiger partial charge in [-0.15, -0.1) is 0 Å². The number of amides is 1. The van der Waals surface area contributed by atoms with Crippen LogP contribution in [0.25, 0.3) is 0 Å². The lowest BCUT2D eigenvalue weighted by molar-refractivity contribution is -0.122. The molecular weight excluding hydrogens is 254 g/mol. The number of benzene rings is 1. The van der Waals surface area contributed by atoms with Gasteiger partial charge in [-0.1, -0.05) is 0 Å². The second kappa shape index (κ2) is 6.50. The summed E-state index contributed by atoms with van der Waals surface area (Å²) < 4.78 is 5.54. The normalized spacial score (nSPS) is 18.7. The maximum Gasteiger partial charge on any atom is 0.242 e. The topological polar surface area (TPSA) is 67.6 Å². The Balaban J connectivity index is 2.27. The van der Waals surface area contributed by atoms with Gasteiger partial charge in [-0.05, 0) is 38.3 Å². The molecular formula is C15H23N3O2. The number of nitrogens with zero attached hydrogens (tertiary/aromatic N) is 1. The van der Waals surface area contributed by atoms with E-state index in [1.54, 1.807) is 7.05 Å². The predicted molar refractivity (Wildman–Crippen MR) is 81.1 cm³/mol. The van der Waals surface area contributed by atoms with Crippen molar-refractivity contribution in [1.82, 2.24) is 5.32 Å². The van der Waals surface area contributed by atoms with Gasteiger partial charge < -0.3 is 20.7 Å². The average Bonchev–Trinajstić information content (AvgIpc) is 2.49. The molecule has 3 N–H and O–H groups in total. The minimum atomic E-state index is -0.105. The summed E-state index contributed by atoms with van der Waals surface area (Å²) in [5.41, 5.74) is 7.53. The summed E-state index contributed by atoms with van der Waals surface area (Å²) in [5, 5.41) is 2.75. The van der Waals surface area contributed by atoms with Gasteiger partial charge in [0.1, 0.15) is 11.8 Å². The van der Waals surface area contributed by atoms with Crippen molar-refractivity contribution in [3.8, 4) is 5.75 Å². The first-order valence-electron chi connectivity index (χ1n) is 7.18. The van der Waals surface area contributed by atoms with Gasteiger partial charge in [0.25, 0.3) is 0 Å². The third kappa shape index (κ3) is 2.98. The van der Waals surface area contributed by atoms with Crippen molar-refractivity contribution in [2.24, 2.45) is 0 Å². The number of ether oxygens (including phenoxy) is 1. The molecule has 1 heterocycles. The molecule has 0 aromatic heterocycles. The number of hydrogen-bond acceptors (Lipinski definition) is 4. The summed E-state index contributed by atoms with van der Waals surface area (Å²) in [6, 6.07) is 5.63. The van der Waals surface area contributed by atoms with Crippen molar-refractivity contribution < 1.29 is 9.53 Å². The van der Waals surface area contributed by atoms with Crippen LogP contribution in [-0.2, 0) is 4.79 Å². The van der Waals surface area contributed by atoms with E-state index in [0.717, 1.165) is 31.5 Å². The molecule has 0 spiro atoms. The van der Waals surface area contributed by atoms with E-state index in [4.69, 9.17) is 10.5 Å². The third-order valence-corrected chi connectivity index (χ3v) is 3.68. The van der Waals surface area contributed by atoms with Gasteiger partial charge in [-0.2, -0.15) is 0 Å². The Morgan fingerprint density at radius 3 is 3.00 bits per heavy atom. The molecule has 0 aliphatic carbocycles. The van der Waals surface area contributed by atoms with Crippen LogP contribution < -0.4 is 20.7 Å². The summed E-state index contributed by atoms with van der Waals surface area (Å²) in [7, 11) is 1.68. The van der Waals surface area contributed by atoms with Crippen molar-refractivity contribution in [2.45, 2.75) is 32.2 Å². The number of piperidine rings is 1. The SMILES string of the molecule is CCOc1cc(N2CCCCC2C(=O)NC)ccc1N. The lowest BCUT2D eigenvalue weighted by Crippen LogP contribution is -2.48. The fourth-order valence-electron chi connectivity index (χ4n) is 2.66. The largest absolute Gasteiger partial charge is 0.492 e. The molecule has 5 nitrogen and oxygen atoms in total. The standard InChI is InChI=1S/C15H23N3O2/c1-3-20-14-10-11(7-8-12(14)16)18-9-5-4-6-13(18)15(19)17-2/h7-8,10,13H,3-6,9,16H2,1-2H3,(H,17,19). The molecule has 1 amide bonds. The fraction of sp³-hybridized carbons (Fsp3) is 0.533. The molecule has 1 aromatic rings. The smallest absolute Gasteiger partial charge is 0.242 e. The molecule has 1 atom stereocenters. The number of hydrogen-bond donors (Lipinski definition) is 2. The van der Waals surface area contributed by atoms with Crippen LogP contribution in [0.1, 0.15) is 26.2 Å². The molecule has 0 radical (unpaired) electrons. The van der Waals surface area contributed by atoms with Crippen LogP contribution in [0.2, 0.25) is 0 Å². The van der Waals surface area contributed by atoms with Crippen molar-refractivity contribution >= 4 is 17.3 Å². The van der Waals surface area contributed by atoms with Crippen LogP contribution in [-0.4, -0.2) is 32.1 Å². The van der Waals surface area contributed by atoms with Gasteiger partial charge in [-0.3, -0.25) is 4.79 Å². The predicted octanol–water partition coefficient (Wildman–Crippen LogP) is 1.77. The van der Waals surface area contributed by atoms with Crippen molar-refractivity contribution in [1.29, 1.82) is 0 Å². The first-order valence-corrected chi connectivity index (χ1v) is 7.18. The second-order valence-electron chi connectivity index (χ2n) is 4.97. The van der Waals surface area contributed by atoms with Crippen molar-refractivity contribution in [2.75, 3.05) is 30.8 Å². The number of likely N-dealkylation sites (N-methyl/N-ethyl adjacent to an activating group) is 1. The van der Waals surface area contributed by atoms with Crippen LogP contribution in [0.4, 0.5) is 11.4 Å². The van der Waals surface area contributed by atoms with Crippen LogP contribution >= 0.6 is 0 Å². The van der Waals surface area contributed by atoms with E-state index < -0.39 is 0 Å². The number of carbonyl (C=O) groups is 1. The first-order chi connectivity index (χ1) is 9.67. The molecule has 1 unspecified atom stereocenters. The molecule has 1 saturated heterocycles. The zero-order valence-corrected chi connectivity index (χ0v) is 12.2. The molecule has 0 bridgehead atoms. The molecule has 110 valence electrons. The first kappa shape index (κ1) is 14.5. The van der Waals surface area contributed by atoms with Gasteiger partial charge in [0.15, 0.2) is 0 Å². The van der Waals surface area contributed by atoms with Gasteiger partial charge >= 0.3 is 0 Å². The van der Waals surface area contributed by atoms with Crippen LogP contribution in [0.5, 0.6) is 5.75 Å². The quantitative estimate of drug-likeness (QED) is 0.823. The molecule has 5 heteroatoms. The zero-order chi connectivity index (χ0) is 14.5. The molecule has 1 fully saturated rings. The van der Waals surface area contributed by atoms with Crippen LogP contribution in [0.15, 0.2) is 18.2 Å². The third-order valence-electron chi connectivity index (χ3n) is 3.68. The van der Waals surface area contributed by atoms with E-state index in [1.807, 2.05) is 25.1 Å². The van der Waals surface area contributed by atoms with E-state index in [-0.39, 0.29) is 11.9 Å². The summed E-state index contributed by atoms with van der Waals surface area (Å²) in [4.78, 5) is 14.2. The maximum absolute atomic E-state index is 12.0. The summed E-state index contributed by atoms with van der Waals surface area (Å²) in [5.74, 6) is 0.755. The zero-order valence-electron chi connectivity index (χ0n) is 12.2. The highest BCUT2D eigenvalue weighted by Gasteiger charge is 2.28. The number of carbonyl (C=O) groups excluding carboxylic acids is 1. The Morgan fingerprint density at radius 2 is 2.30 bits per heavy atom. The minimum Gasteiger partial charge on any atom is -0.492 e. The summed E-state index contributed by atoms with van der Waals surface area (Å²) >= 11 is 0. The lowest BCUT2D eigenvalue weighted by atomic mass is 10.0. The van der Waals surface area contributed by atoms with Gasteiger partial charge in [0.2, 0.25) is 5.91 Å². The van der Waals surface area contributed by atoms with E-state index in [9.17, 15) is 4.79 Å². The van der Waals surface area contributed by atoms with E-state index >= 15 is 0 Å². The Bertz CT molecular complexity index is 476. The number of nitrogens with one attached hydrogen (secondary N) is 1. The average molecular weight is 277 g/mol. The van der Waals surface area contributed by atoms with E-state index in [2.05, 4.69) is 10.2 Å². The van der Waals surface area contributed by atoms with E-state index in [0.29, 0.717) is 18.0 Å². The number of rotatable bonds is 4. The van der Waals surface area contributed by atoms with Crippen molar-refractivity contribution in [3.05, 3.63) is 18.2 Å². The molecule has 0 saturated carbocycles. The highest BCUT2D eigenvalue weighted by Crippen LogP contribution is 2.31. The van der Waals surface area contributed by atoms with Gasteiger partial charge in [0, 0.05) is 25.3 Å². The Morgan fingerprint density at radius 1 is 1.50 bits per heavy atom. The fourth-order valence-corrected chi connectivity index (χ4v) is 2.66. The number of nitrogens with two attached hydrogens (primary N) is 1. The molecule has 1 aliphatic rings. The minimum absolute atomic E-state index is 0.0690. The lowest BCUT2D eigenvalue weighted by Gasteiger charge is -2.36. The van der Waals surface area contributed by atoms with Crippen LogP contribution in [0.3, 0.4) is 0 Å². The second-order valence-corrected chi connectivity index (χ2v) is 4.97. The highest BCUT2D eigenvalue weighted by atomic mass is 16.5.